The van der Waals surface area contributed by atoms with Gasteiger partial charge in [0, 0.05) is 18.1 Å². The molecule has 1 aliphatic rings. The molecule has 1 saturated carbocycles. The van der Waals surface area contributed by atoms with Crippen molar-refractivity contribution >= 4 is 17.6 Å². The van der Waals surface area contributed by atoms with E-state index in [1.807, 2.05) is 0 Å². The molecule has 1 aromatic carbocycles. The molecule has 0 radical (unpaired) electrons. The standard InChI is InChI=1S/C17H22N2O5/c18-17(21)13-7-8-14(15(10-13)19(22)23)11-24-16(20)9-6-12-4-2-1-3-5-12/h7-8,10,12H,1-6,9,11H2,(H2,18,21). The number of benzene rings is 1. The first kappa shape index (κ1) is 17.9. The van der Waals surface area contributed by atoms with E-state index in [1.54, 1.807) is 0 Å². The number of hydrogen-bond acceptors (Lipinski definition) is 5. The van der Waals surface area contributed by atoms with Crippen molar-refractivity contribution in [2.75, 3.05) is 0 Å². The van der Waals surface area contributed by atoms with E-state index in [0.29, 0.717) is 12.3 Å². The van der Waals surface area contributed by atoms with Gasteiger partial charge >= 0.3 is 5.97 Å². The summed E-state index contributed by atoms with van der Waals surface area (Å²) in [5, 5.41) is 11.1. The van der Waals surface area contributed by atoms with Gasteiger partial charge < -0.3 is 10.5 Å². The van der Waals surface area contributed by atoms with E-state index < -0.39 is 10.8 Å². The maximum absolute atomic E-state index is 11.8. The molecule has 0 heterocycles. The van der Waals surface area contributed by atoms with Crippen LogP contribution in [0.2, 0.25) is 0 Å². The molecule has 0 spiro atoms. The predicted molar refractivity (Wildman–Crippen MR) is 87.2 cm³/mol. The predicted octanol–water partition coefficient (Wildman–Crippen LogP) is 3.10. The Morgan fingerprint density at radius 2 is 1.96 bits per heavy atom. The zero-order valence-corrected chi connectivity index (χ0v) is 13.5. The van der Waals surface area contributed by atoms with Crippen molar-refractivity contribution in [1.82, 2.24) is 0 Å². The molecular formula is C17H22N2O5. The molecule has 2 rings (SSSR count). The van der Waals surface area contributed by atoms with Gasteiger partial charge in [0.15, 0.2) is 0 Å². The van der Waals surface area contributed by atoms with Crippen molar-refractivity contribution in [3.05, 3.63) is 39.4 Å². The molecule has 1 aromatic rings. The number of esters is 1. The number of ether oxygens (including phenoxy) is 1. The fraction of sp³-hybridized carbons (Fsp3) is 0.529. The molecule has 0 bridgehead atoms. The van der Waals surface area contributed by atoms with E-state index in [1.165, 1.54) is 31.4 Å². The Bertz CT molecular complexity index is 623. The number of rotatable bonds is 7. The van der Waals surface area contributed by atoms with Crippen LogP contribution in [0.4, 0.5) is 5.69 Å². The van der Waals surface area contributed by atoms with Crippen LogP contribution in [-0.4, -0.2) is 16.8 Å². The lowest BCUT2D eigenvalue weighted by Crippen LogP contribution is -2.13. The summed E-state index contributed by atoms with van der Waals surface area (Å²) in [5.74, 6) is -0.515. The second kappa shape index (κ2) is 8.42. The van der Waals surface area contributed by atoms with Crippen LogP contribution < -0.4 is 5.73 Å². The van der Waals surface area contributed by atoms with Crippen LogP contribution in [0.25, 0.3) is 0 Å². The lowest BCUT2D eigenvalue weighted by Gasteiger charge is -2.20. The van der Waals surface area contributed by atoms with Gasteiger partial charge in [-0.1, -0.05) is 32.1 Å². The maximum atomic E-state index is 11.8. The van der Waals surface area contributed by atoms with Crippen LogP contribution in [0.5, 0.6) is 0 Å². The number of hydrogen-bond donors (Lipinski definition) is 1. The molecule has 7 nitrogen and oxygen atoms in total. The van der Waals surface area contributed by atoms with Crippen molar-refractivity contribution in [2.24, 2.45) is 11.7 Å². The summed E-state index contributed by atoms with van der Waals surface area (Å²) in [4.78, 5) is 33.4. The van der Waals surface area contributed by atoms with Crippen molar-refractivity contribution in [1.29, 1.82) is 0 Å². The minimum atomic E-state index is -0.742. The fourth-order valence-electron chi connectivity index (χ4n) is 3.04. The minimum Gasteiger partial charge on any atom is -0.461 e. The Hall–Kier alpha value is -2.44. The van der Waals surface area contributed by atoms with Crippen LogP contribution in [0.15, 0.2) is 18.2 Å². The highest BCUT2D eigenvalue weighted by Crippen LogP contribution is 2.27. The Kier molecular flexibility index (Phi) is 6.28. The van der Waals surface area contributed by atoms with Crippen molar-refractivity contribution < 1.29 is 19.2 Å². The number of amides is 1. The summed E-state index contributed by atoms with van der Waals surface area (Å²) >= 11 is 0. The van der Waals surface area contributed by atoms with Crippen LogP contribution in [0.1, 0.15) is 60.9 Å². The van der Waals surface area contributed by atoms with E-state index in [4.69, 9.17) is 10.5 Å². The molecule has 0 atom stereocenters. The molecule has 1 fully saturated rings. The minimum absolute atomic E-state index is 0.0501. The van der Waals surface area contributed by atoms with Gasteiger partial charge in [0.1, 0.15) is 6.61 Å². The highest BCUT2D eigenvalue weighted by Gasteiger charge is 2.19. The van der Waals surface area contributed by atoms with Gasteiger partial charge in [0.05, 0.1) is 10.5 Å². The number of carbonyl (C=O) groups is 2. The molecule has 0 aliphatic heterocycles. The summed E-state index contributed by atoms with van der Waals surface area (Å²) < 4.78 is 5.15. The average Bonchev–Trinajstić information content (AvgIpc) is 2.58. The van der Waals surface area contributed by atoms with Crippen molar-refractivity contribution in [2.45, 2.75) is 51.6 Å². The number of nitrogens with two attached hydrogens (primary N) is 1. The zero-order valence-electron chi connectivity index (χ0n) is 13.5. The third kappa shape index (κ3) is 5.04. The Balaban J connectivity index is 1.89. The molecule has 0 unspecified atom stereocenters. The van der Waals surface area contributed by atoms with E-state index >= 15 is 0 Å². The number of nitro groups is 1. The smallest absolute Gasteiger partial charge is 0.306 e. The van der Waals surface area contributed by atoms with Gasteiger partial charge in [-0.3, -0.25) is 19.7 Å². The summed E-state index contributed by atoms with van der Waals surface area (Å²) in [6.45, 7) is -0.182. The van der Waals surface area contributed by atoms with Crippen molar-refractivity contribution in [3.63, 3.8) is 0 Å². The topological polar surface area (TPSA) is 113 Å². The van der Waals surface area contributed by atoms with E-state index in [2.05, 4.69) is 0 Å². The Morgan fingerprint density at radius 1 is 1.25 bits per heavy atom. The molecule has 2 N–H and O–H groups in total. The molecule has 1 aliphatic carbocycles. The lowest BCUT2D eigenvalue weighted by atomic mass is 9.86. The highest BCUT2D eigenvalue weighted by atomic mass is 16.6. The number of carbonyl (C=O) groups excluding carboxylic acids is 2. The quantitative estimate of drug-likeness (QED) is 0.467. The fourth-order valence-corrected chi connectivity index (χ4v) is 3.04. The molecule has 0 saturated heterocycles. The first-order valence-corrected chi connectivity index (χ1v) is 8.20. The van der Waals surface area contributed by atoms with E-state index in [9.17, 15) is 19.7 Å². The van der Waals surface area contributed by atoms with Gasteiger partial charge in [0.2, 0.25) is 5.91 Å². The first-order valence-electron chi connectivity index (χ1n) is 8.20. The van der Waals surface area contributed by atoms with Crippen LogP contribution in [-0.2, 0) is 16.1 Å². The Labute approximate surface area is 140 Å². The summed E-state index contributed by atoms with van der Waals surface area (Å²) in [6, 6.07) is 3.89. The normalized spacial score (nSPS) is 15.0. The van der Waals surface area contributed by atoms with Gasteiger partial charge in [-0.25, -0.2) is 0 Å². The van der Waals surface area contributed by atoms with Crippen LogP contribution in [0.3, 0.4) is 0 Å². The summed E-state index contributed by atoms with van der Waals surface area (Å²) in [5.41, 5.74) is 5.14. The average molecular weight is 334 g/mol. The molecule has 7 heteroatoms. The van der Waals surface area contributed by atoms with Crippen molar-refractivity contribution in [3.8, 4) is 0 Å². The van der Waals surface area contributed by atoms with Crippen LogP contribution >= 0.6 is 0 Å². The number of nitro benzene ring substituents is 1. The third-order valence-electron chi connectivity index (χ3n) is 4.44. The SMILES string of the molecule is NC(=O)c1ccc(COC(=O)CCC2CCCCC2)c([N+](=O)[O-])c1. The largest absolute Gasteiger partial charge is 0.461 e. The third-order valence-corrected chi connectivity index (χ3v) is 4.44. The number of primary amides is 1. The first-order chi connectivity index (χ1) is 11.5. The van der Waals surface area contributed by atoms with E-state index in [-0.39, 0.29) is 29.4 Å². The van der Waals surface area contributed by atoms with Crippen LogP contribution in [0, 0.1) is 16.0 Å². The number of nitrogens with zero attached hydrogens (tertiary/aromatic N) is 1. The monoisotopic (exact) mass is 334 g/mol. The van der Waals surface area contributed by atoms with Gasteiger partial charge in [-0.05, 0) is 24.5 Å². The second-order valence-corrected chi connectivity index (χ2v) is 6.17. The lowest BCUT2D eigenvalue weighted by molar-refractivity contribution is -0.385. The maximum Gasteiger partial charge on any atom is 0.306 e. The molecule has 130 valence electrons. The zero-order chi connectivity index (χ0) is 17.5. The molecule has 1 amide bonds. The molecule has 24 heavy (non-hydrogen) atoms. The van der Waals surface area contributed by atoms with Gasteiger partial charge in [0.25, 0.3) is 5.69 Å². The van der Waals surface area contributed by atoms with Gasteiger partial charge in [-0.2, -0.15) is 0 Å². The second-order valence-electron chi connectivity index (χ2n) is 6.17. The molecular weight excluding hydrogens is 312 g/mol. The Morgan fingerprint density at radius 3 is 2.58 bits per heavy atom. The van der Waals surface area contributed by atoms with Gasteiger partial charge in [-0.15, -0.1) is 0 Å². The highest BCUT2D eigenvalue weighted by molar-refractivity contribution is 5.93. The summed E-state index contributed by atoms with van der Waals surface area (Å²) in [7, 11) is 0. The summed E-state index contributed by atoms with van der Waals surface area (Å²) in [6.07, 6.45) is 7.17. The van der Waals surface area contributed by atoms with E-state index in [0.717, 1.165) is 25.3 Å². The molecule has 0 aromatic heterocycles.